The number of rotatable bonds is 5. The van der Waals surface area contributed by atoms with E-state index >= 15 is 0 Å². The van der Waals surface area contributed by atoms with Crippen LogP contribution in [0.1, 0.15) is 24.2 Å². The van der Waals surface area contributed by atoms with Crippen molar-refractivity contribution in [1.29, 1.82) is 0 Å². The molecular weight excluding hydrogens is 333 g/mol. The fraction of sp³-hybridized carbons (Fsp3) is 0.421. The van der Waals surface area contributed by atoms with Crippen molar-refractivity contribution in [2.24, 2.45) is 0 Å². The van der Waals surface area contributed by atoms with Crippen LogP contribution in [-0.2, 0) is 0 Å². The van der Waals surface area contributed by atoms with Crippen molar-refractivity contribution >= 4 is 17.5 Å². The van der Waals surface area contributed by atoms with Crippen LogP contribution in [-0.4, -0.2) is 60.0 Å². The topological polar surface area (TPSA) is 52.6 Å². The second-order valence-corrected chi connectivity index (χ2v) is 6.20. The molecule has 3 rings (SSSR count). The lowest BCUT2D eigenvalue weighted by atomic mass is 10.2. The Hall–Kier alpha value is -2.70. The van der Waals surface area contributed by atoms with Gasteiger partial charge in [-0.25, -0.2) is 14.4 Å². The highest BCUT2D eigenvalue weighted by atomic mass is 19.1. The first kappa shape index (κ1) is 18.1. The minimum atomic E-state index is -0.240. The van der Waals surface area contributed by atoms with E-state index in [1.807, 2.05) is 23.6 Å². The van der Waals surface area contributed by atoms with Gasteiger partial charge in [0.25, 0.3) is 5.91 Å². The summed E-state index contributed by atoms with van der Waals surface area (Å²) in [6.07, 6.45) is 3.21. The van der Waals surface area contributed by atoms with Crippen molar-refractivity contribution in [3.05, 3.63) is 48.0 Å². The van der Waals surface area contributed by atoms with Crippen LogP contribution >= 0.6 is 0 Å². The van der Waals surface area contributed by atoms with Crippen LogP contribution in [0.25, 0.3) is 0 Å². The van der Waals surface area contributed by atoms with Gasteiger partial charge in [0, 0.05) is 57.3 Å². The Balaban J connectivity index is 1.60. The number of hydrogen-bond donors (Lipinski definition) is 0. The van der Waals surface area contributed by atoms with Crippen molar-refractivity contribution in [3.63, 3.8) is 0 Å². The Morgan fingerprint density at radius 2 is 1.62 bits per heavy atom. The molecule has 0 unspecified atom stereocenters. The highest BCUT2D eigenvalue weighted by molar-refractivity contribution is 5.93. The number of carbonyl (C=O) groups is 1. The molecule has 0 saturated carbocycles. The zero-order chi connectivity index (χ0) is 18.5. The molecule has 1 aromatic heterocycles. The molecule has 0 atom stereocenters. The number of nitrogens with zero attached hydrogens (tertiary/aromatic N) is 5. The molecule has 1 amide bonds. The van der Waals surface area contributed by atoms with Crippen LogP contribution in [0, 0.1) is 5.82 Å². The van der Waals surface area contributed by atoms with E-state index in [0.717, 1.165) is 31.9 Å². The van der Waals surface area contributed by atoms with Crippen LogP contribution in [0.15, 0.2) is 36.7 Å². The maximum Gasteiger partial charge on any atom is 0.257 e. The third-order valence-electron chi connectivity index (χ3n) is 4.69. The van der Waals surface area contributed by atoms with Gasteiger partial charge in [-0.15, -0.1) is 0 Å². The molecule has 2 aromatic rings. The molecule has 1 saturated heterocycles. The van der Waals surface area contributed by atoms with Crippen LogP contribution in [0.5, 0.6) is 0 Å². The first-order valence-corrected chi connectivity index (χ1v) is 8.99. The molecule has 1 aliphatic rings. The van der Waals surface area contributed by atoms with Crippen LogP contribution in [0.2, 0.25) is 0 Å². The normalized spacial score (nSPS) is 14.4. The molecule has 0 N–H and O–H groups in total. The van der Waals surface area contributed by atoms with Crippen molar-refractivity contribution in [2.75, 3.05) is 49.1 Å². The predicted molar refractivity (Wildman–Crippen MR) is 100 cm³/mol. The quantitative estimate of drug-likeness (QED) is 0.823. The largest absolute Gasteiger partial charge is 0.368 e. The lowest BCUT2D eigenvalue weighted by molar-refractivity contribution is 0.0746. The van der Waals surface area contributed by atoms with Crippen LogP contribution in [0.3, 0.4) is 0 Å². The first-order valence-electron chi connectivity index (χ1n) is 8.99. The van der Waals surface area contributed by atoms with E-state index < -0.39 is 0 Å². The summed E-state index contributed by atoms with van der Waals surface area (Å²) in [5.41, 5.74) is 1.49. The Kier molecular flexibility index (Phi) is 5.65. The van der Waals surface area contributed by atoms with Crippen molar-refractivity contribution in [3.8, 4) is 0 Å². The van der Waals surface area contributed by atoms with E-state index in [1.54, 1.807) is 24.5 Å². The summed E-state index contributed by atoms with van der Waals surface area (Å²) in [6.45, 7) is 8.43. The molecular formula is C19H24FN5O. The Labute approximate surface area is 153 Å². The maximum atomic E-state index is 13.0. The zero-order valence-electron chi connectivity index (χ0n) is 15.2. The van der Waals surface area contributed by atoms with Crippen molar-refractivity contribution < 1.29 is 9.18 Å². The summed E-state index contributed by atoms with van der Waals surface area (Å²) in [6, 6.07) is 6.46. The lowest BCUT2D eigenvalue weighted by Gasteiger charge is -2.36. The van der Waals surface area contributed by atoms with Gasteiger partial charge in [-0.2, -0.15) is 0 Å². The van der Waals surface area contributed by atoms with Gasteiger partial charge in [0.05, 0.1) is 5.56 Å². The van der Waals surface area contributed by atoms with E-state index in [9.17, 15) is 9.18 Å². The second-order valence-electron chi connectivity index (χ2n) is 6.20. The predicted octanol–water partition coefficient (Wildman–Crippen LogP) is 2.42. The molecule has 26 heavy (non-hydrogen) atoms. The molecule has 138 valence electrons. The maximum absolute atomic E-state index is 13.0. The molecule has 0 spiro atoms. The minimum absolute atomic E-state index is 0.0464. The summed E-state index contributed by atoms with van der Waals surface area (Å²) in [7, 11) is 0. The van der Waals surface area contributed by atoms with Crippen molar-refractivity contribution in [1.82, 2.24) is 14.9 Å². The lowest BCUT2D eigenvalue weighted by Crippen LogP contribution is -2.48. The van der Waals surface area contributed by atoms with Gasteiger partial charge >= 0.3 is 0 Å². The highest BCUT2D eigenvalue weighted by Gasteiger charge is 2.23. The van der Waals surface area contributed by atoms with Crippen molar-refractivity contribution in [2.45, 2.75) is 13.8 Å². The van der Waals surface area contributed by atoms with Crippen LogP contribution in [0.4, 0.5) is 16.0 Å². The molecule has 1 aliphatic heterocycles. The van der Waals surface area contributed by atoms with E-state index in [0.29, 0.717) is 24.6 Å². The summed E-state index contributed by atoms with van der Waals surface area (Å²) in [5, 5.41) is 0. The third kappa shape index (κ3) is 3.92. The van der Waals surface area contributed by atoms with Gasteiger partial charge in [0.1, 0.15) is 5.82 Å². The number of halogens is 1. The van der Waals surface area contributed by atoms with Gasteiger partial charge in [-0.1, -0.05) is 0 Å². The minimum Gasteiger partial charge on any atom is -0.368 e. The first-order chi connectivity index (χ1) is 12.6. The second kappa shape index (κ2) is 8.12. The third-order valence-corrected chi connectivity index (χ3v) is 4.69. The Morgan fingerprint density at radius 1 is 1.04 bits per heavy atom. The summed E-state index contributed by atoms with van der Waals surface area (Å²) in [5.74, 6) is 0.359. The SMILES string of the molecule is CCN(CC)c1ncc(C(=O)N2CCN(c3ccc(F)cc3)CC2)cn1. The van der Waals surface area contributed by atoms with Gasteiger partial charge < -0.3 is 14.7 Å². The molecule has 1 fully saturated rings. The number of aromatic nitrogens is 2. The summed E-state index contributed by atoms with van der Waals surface area (Å²) in [4.78, 5) is 27.3. The molecule has 0 radical (unpaired) electrons. The number of carbonyl (C=O) groups excluding carboxylic acids is 1. The highest BCUT2D eigenvalue weighted by Crippen LogP contribution is 2.18. The smallest absolute Gasteiger partial charge is 0.257 e. The summed E-state index contributed by atoms with van der Waals surface area (Å²) < 4.78 is 13.0. The van der Waals surface area contributed by atoms with Gasteiger partial charge in [-0.05, 0) is 38.1 Å². The monoisotopic (exact) mass is 357 g/mol. The van der Waals surface area contributed by atoms with Crippen LogP contribution < -0.4 is 9.80 Å². The Morgan fingerprint density at radius 3 is 2.15 bits per heavy atom. The number of benzene rings is 1. The van der Waals surface area contributed by atoms with Gasteiger partial charge in [-0.3, -0.25) is 4.79 Å². The molecule has 7 heteroatoms. The van der Waals surface area contributed by atoms with Gasteiger partial charge in [0.15, 0.2) is 0 Å². The molecule has 6 nitrogen and oxygen atoms in total. The van der Waals surface area contributed by atoms with E-state index in [4.69, 9.17) is 0 Å². The fourth-order valence-electron chi connectivity index (χ4n) is 3.10. The average molecular weight is 357 g/mol. The summed E-state index contributed by atoms with van der Waals surface area (Å²) >= 11 is 0. The zero-order valence-corrected chi connectivity index (χ0v) is 15.2. The number of amides is 1. The standard InChI is InChI=1S/C19H24FN5O/c1-3-23(4-2)19-21-13-15(14-22-19)18(26)25-11-9-24(10-12-25)17-7-5-16(20)6-8-17/h5-8,13-14H,3-4,9-12H2,1-2H3. The molecule has 1 aromatic carbocycles. The molecule has 0 aliphatic carbocycles. The average Bonchev–Trinajstić information content (AvgIpc) is 2.70. The van der Waals surface area contributed by atoms with Gasteiger partial charge in [0.2, 0.25) is 5.95 Å². The fourth-order valence-corrected chi connectivity index (χ4v) is 3.10. The number of hydrogen-bond acceptors (Lipinski definition) is 5. The van der Waals surface area contributed by atoms with E-state index in [2.05, 4.69) is 14.9 Å². The number of anilines is 2. The van der Waals surface area contributed by atoms with E-state index in [1.165, 1.54) is 12.1 Å². The molecule has 0 bridgehead atoms. The molecule has 2 heterocycles. The Bertz CT molecular complexity index is 723. The van der Waals surface area contributed by atoms with E-state index in [-0.39, 0.29) is 11.7 Å². The number of piperazine rings is 1.